The number of nitrogens with zero attached hydrogens (tertiary/aromatic N) is 3. The molecule has 3 rings (SSSR count). The first-order chi connectivity index (χ1) is 13.3. The van der Waals surface area contributed by atoms with Crippen molar-refractivity contribution in [2.75, 3.05) is 53.0 Å². The van der Waals surface area contributed by atoms with Gasteiger partial charge in [0.25, 0.3) is 0 Å². The lowest BCUT2D eigenvalue weighted by Gasteiger charge is -2.38. The van der Waals surface area contributed by atoms with Crippen molar-refractivity contribution in [1.82, 2.24) is 15.1 Å². The molecule has 0 spiro atoms. The van der Waals surface area contributed by atoms with Gasteiger partial charge >= 0.3 is 0 Å². The zero-order valence-electron chi connectivity index (χ0n) is 17.3. The number of halogens is 1. The van der Waals surface area contributed by atoms with Gasteiger partial charge in [0, 0.05) is 33.3 Å². The first-order valence-electron chi connectivity index (χ1n) is 10.2. The van der Waals surface area contributed by atoms with Crippen LogP contribution in [0, 0.1) is 0 Å². The Morgan fingerprint density at radius 2 is 2.07 bits per heavy atom. The minimum absolute atomic E-state index is 0. The van der Waals surface area contributed by atoms with Gasteiger partial charge in [0.2, 0.25) is 0 Å². The van der Waals surface area contributed by atoms with Crippen molar-refractivity contribution in [3.05, 3.63) is 24.2 Å². The fraction of sp³-hybridized carbons (Fsp3) is 0.750. The Morgan fingerprint density at radius 1 is 1.29 bits per heavy atom. The summed E-state index contributed by atoms with van der Waals surface area (Å²) in [6, 6.07) is 4.19. The van der Waals surface area contributed by atoms with E-state index >= 15 is 0 Å². The molecule has 2 aliphatic rings. The van der Waals surface area contributed by atoms with Crippen LogP contribution in [0.4, 0.5) is 0 Å². The molecule has 3 atom stereocenters. The second kappa shape index (κ2) is 12.0. The molecule has 0 bridgehead atoms. The number of hydrogen-bond donors (Lipinski definition) is 1. The van der Waals surface area contributed by atoms with E-state index in [1.54, 1.807) is 6.26 Å². The average molecular weight is 506 g/mol. The van der Waals surface area contributed by atoms with E-state index in [2.05, 4.69) is 40.0 Å². The summed E-state index contributed by atoms with van der Waals surface area (Å²) in [5, 5.41) is 3.57. The molecule has 0 amide bonds. The summed E-state index contributed by atoms with van der Waals surface area (Å²) in [5.74, 6) is 1.91. The molecule has 2 aliphatic heterocycles. The number of aliphatic imine (C=N–C) groups is 1. The number of guanidine groups is 1. The van der Waals surface area contributed by atoms with Gasteiger partial charge in [0.05, 0.1) is 25.0 Å². The number of hydrogen-bond acceptors (Lipinski definition) is 5. The molecule has 1 aromatic heterocycles. The van der Waals surface area contributed by atoms with E-state index in [0.717, 1.165) is 63.9 Å². The summed E-state index contributed by atoms with van der Waals surface area (Å²) in [5.41, 5.74) is 0. The maximum absolute atomic E-state index is 5.97. The van der Waals surface area contributed by atoms with Crippen LogP contribution in [0.2, 0.25) is 0 Å². The van der Waals surface area contributed by atoms with Crippen molar-refractivity contribution in [3.8, 4) is 0 Å². The van der Waals surface area contributed by atoms with Crippen LogP contribution in [0.25, 0.3) is 0 Å². The molecule has 2 fully saturated rings. The van der Waals surface area contributed by atoms with Crippen molar-refractivity contribution in [3.63, 3.8) is 0 Å². The molecule has 28 heavy (non-hydrogen) atoms. The largest absolute Gasteiger partial charge is 0.468 e. The van der Waals surface area contributed by atoms with E-state index in [-0.39, 0.29) is 42.2 Å². The van der Waals surface area contributed by atoms with E-state index in [0.29, 0.717) is 6.61 Å². The fourth-order valence-corrected chi connectivity index (χ4v) is 4.06. The molecule has 3 unspecified atom stereocenters. The highest BCUT2D eigenvalue weighted by Crippen LogP contribution is 2.22. The van der Waals surface area contributed by atoms with Crippen LogP contribution >= 0.6 is 24.0 Å². The summed E-state index contributed by atoms with van der Waals surface area (Å²) in [7, 11) is 1.85. The van der Waals surface area contributed by atoms with Crippen LogP contribution in [-0.2, 0) is 9.47 Å². The highest BCUT2D eigenvalue weighted by molar-refractivity contribution is 14.0. The normalized spacial score (nSPS) is 24.3. The Labute approximate surface area is 185 Å². The molecule has 8 heteroatoms. The van der Waals surface area contributed by atoms with Gasteiger partial charge in [-0.25, -0.2) is 0 Å². The maximum Gasteiger partial charge on any atom is 0.193 e. The summed E-state index contributed by atoms with van der Waals surface area (Å²) >= 11 is 0. The van der Waals surface area contributed by atoms with E-state index in [4.69, 9.17) is 13.9 Å². The second-order valence-corrected chi connectivity index (χ2v) is 7.09. The molecule has 160 valence electrons. The zero-order valence-corrected chi connectivity index (χ0v) is 19.6. The highest BCUT2D eigenvalue weighted by atomic mass is 127. The standard InChI is InChI=1S/C20H34N4O3.HI/c1-4-23(5-2)16(17-8-6-11-25-17)14-22-20(21-3)24-10-13-27-19(15-24)18-9-7-12-26-18;/h6,8,11,16,18-19H,4-5,7,9-10,12-15H2,1-3H3,(H,21,22);1H. The van der Waals surface area contributed by atoms with E-state index in [1.807, 2.05) is 13.1 Å². The van der Waals surface area contributed by atoms with Crippen LogP contribution in [0.3, 0.4) is 0 Å². The minimum atomic E-state index is 0. The molecule has 1 aromatic rings. The Bertz CT molecular complexity index is 574. The molecule has 1 N–H and O–H groups in total. The fourth-order valence-electron chi connectivity index (χ4n) is 4.06. The first kappa shape index (κ1) is 23.4. The molecule has 3 heterocycles. The van der Waals surface area contributed by atoms with Gasteiger partial charge in [-0.15, -0.1) is 24.0 Å². The van der Waals surface area contributed by atoms with E-state index in [1.165, 1.54) is 0 Å². The third-order valence-electron chi connectivity index (χ3n) is 5.56. The van der Waals surface area contributed by atoms with Gasteiger partial charge in [0.15, 0.2) is 5.96 Å². The Morgan fingerprint density at radius 3 is 2.68 bits per heavy atom. The first-order valence-corrected chi connectivity index (χ1v) is 10.2. The van der Waals surface area contributed by atoms with Crippen molar-refractivity contribution in [2.45, 2.75) is 44.9 Å². The second-order valence-electron chi connectivity index (χ2n) is 7.09. The lowest BCUT2D eigenvalue weighted by atomic mass is 10.1. The summed E-state index contributed by atoms with van der Waals surface area (Å²) in [4.78, 5) is 9.21. The number of ether oxygens (including phenoxy) is 2. The van der Waals surface area contributed by atoms with Gasteiger partial charge in [-0.2, -0.15) is 0 Å². The van der Waals surface area contributed by atoms with Crippen LogP contribution in [0.1, 0.15) is 38.5 Å². The van der Waals surface area contributed by atoms with Crippen molar-refractivity contribution >= 4 is 29.9 Å². The number of rotatable bonds is 7. The number of morpholine rings is 1. The third-order valence-corrected chi connectivity index (χ3v) is 5.56. The SMILES string of the molecule is CCN(CC)C(CNC(=NC)N1CCOC(C2CCCO2)C1)c1ccco1.I. The van der Waals surface area contributed by atoms with Gasteiger partial charge in [-0.3, -0.25) is 9.89 Å². The van der Waals surface area contributed by atoms with Crippen LogP contribution < -0.4 is 5.32 Å². The lowest BCUT2D eigenvalue weighted by Crippen LogP contribution is -2.54. The number of likely N-dealkylation sites (N-methyl/N-ethyl adjacent to an activating group) is 1. The average Bonchev–Trinajstić information content (AvgIpc) is 3.42. The molecular formula is C20H35IN4O3. The van der Waals surface area contributed by atoms with Crippen molar-refractivity contribution < 1.29 is 13.9 Å². The monoisotopic (exact) mass is 506 g/mol. The predicted octanol–water partition coefficient (Wildman–Crippen LogP) is 2.74. The third kappa shape index (κ3) is 5.84. The molecule has 0 saturated carbocycles. The van der Waals surface area contributed by atoms with Gasteiger partial charge in [-0.1, -0.05) is 13.8 Å². The Balaban J connectivity index is 0.00000280. The summed E-state index contributed by atoms with van der Waals surface area (Å²) < 4.78 is 17.5. The molecule has 2 saturated heterocycles. The van der Waals surface area contributed by atoms with Crippen molar-refractivity contribution in [2.24, 2.45) is 4.99 Å². The van der Waals surface area contributed by atoms with Crippen molar-refractivity contribution in [1.29, 1.82) is 0 Å². The Hall–Kier alpha value is -0.840. The summed E-state index contributed by atoms with van der Waals surface area (Å²) in [6.07, 6.45) is 4.31. The predicted molar refractivity (Wildman–Crippen MR) is 121 cm³/mol. The van der Waals surface area contributed by atoms with Gasteiger partial charge in [-0.05, 0) is 38.1 Å². The molecule has 0 radical (unpaired) electrons. The van der Waals surface area contributed by atoms with Gasteiger partial charge in [0.1, 0.15) is 11.9 Å². The smallest absolute Gasteiger partial charge is 0.193 e. The Kier molecular flexibility index (Phi) is 10.0. The molecule has 0 aliphatic carbocycles. The maximum atomic E-state index is 5.97. The van der Waals surface area contributed by atoms with Crippen LogP contribution in [0.5, 0.6) is 0 Å². The topological polar surface area (TPSA) is 62.5 Å². The van der Waals surface area contributed by atoms with Crippen LogP contribution in [0.15, 0.2) is 27.8 Å². The quantitative estimate of drug-likeness (QED) is 0.349. The van der Waals surface area contributed by atoms with Crippen LogP contribution in [-0.4, -0.2) is 81.0 Å². The summed E-state index contributed by atoms with van der Waals surface area (Å²) in [6.45, 7) is 10.3. The molecular weight excluding hydrogens is 471 g/mol. The number of furan rings is 1. The van der Waals surface area contributed by atoms with E-state index in [9.17, 15) is 0 Å². The van der Waals surface area contributed by atoms with E-state index < -0.39 is 0 Å². The lowest BCUT2D eigenvalue weighted by molar-refractivity contribution is -0.0817. The highest BCUT2D eigenvalue weighted by Gasteiger charge is 2.32. The molecule has 0 aromatic carbocycles. The molecule has 7 nitrogen and oxygen atoms in total. The van der Waals surface area contributed by atoms with Gasteiger partial charge < -0.3 is 24.1 Å². The minimum Gasteiger partial charge on any atom is -0.468 e. The number of nitrogens with one attached hydrogen (secondary N) is 1. The zero-order chi connectivity index (χ0) is 19.1.